The Labute approximate surface area is 153 Å². The van der Waals surface area contributed by atoms with Crippen LogP contribution >= 0.6 is 0 Å². The number of carbonyl (C=O) groups excluding carboxylic acids is 2. The van der Waals surface area contributed by atoms with Gasteiger partial charge in [-0.3, -0.25) is 10.0 Å². The minimum Gasteiger partial charge on any atom is -0.443 e. The fourth-order valence-corrected chi connectivity index (χ4v) is 1.88. The minimum atomic E-state index is -0.954. The second-order valence-electron chi connectivity index (χ2n) is 6.38. The van der Waals surface area contributed by atoms with E-state index >= 15 is 0 Å². The van der Waals surface area contributed by atoms with Gasteiger partial charge >= 0.3 is 6.09 Å². The molecule has 0 aliphatic rings. The average Bonchev–Trinajstić information content (AvgIpc) is 2.62. The van der Waals surface area contributed by atoms with Crippen LogP contribution in [0.15, 0.2) is 48.6 Å². The van der Waals surface area contributed by atoms with Gasteiger partial charge in [-0.1, -0.05) is 36.4 Å². The van der Waals surface area contributed by atoms with Crippen molar-refractivity contribution >= 4 is 12.0 Å². The molecule has 0 aliphatic heterocycles. The Morgan fingerprint density at radius 2 is 1.92 bits per heavy atom. The largest absolute Gasteiger partial charge is 0.443 e. The van der Waals surface area contributed by atoms with Gasteiger partial charge in [0, 0.05) is 12.1 Å². The maximum Gasteiger partial charge on any atom is 0.434 e. The van der Waals surface area contributed by atoms with E-state index < -0.39 is 11.6 Å². The molecule has 142 valence electrons. The molecule has 0 atom stereocenters. The molecule has 3 N–H and O–H groups in total. The SMILES string of the molecule is C=C(C)/C=C/C(C)(C)N(O)C(=O)OCc1ccc(C(=O)NCCO)cc1. The fraction of sp³-hybridized carbons (Fsp3) is 0.368. The van der Waals surface area contributed by atoms with Crippen molar-refractivity contribution in [2.75, 3.05) is 13.2 Å². The molecule has 7 nitrogen and oxygen atoms in total. The summed E-state index contributed by atoms with van der Waals surface area (Å²) in [4.78, 5) is 23.7. The van der Waals surface area contributed by atoms with E-state index in [4.69, 9.17) is 9.84 Å². The normalized spacial score (nSPS) is 11.3. The number of allylic oxidation sites excluding steroid dienone is 2. The first-order chi connectivity index (χ1) is 12.2. The number of aliphatic hydroxyl groups excluding tert-OH is 1. The molecule has 0 heterocycles. The molecule has 1 aromatic carbocycles. The second-order valence-corrected chi connectivity index (χ2v) is 6.38. The molecule has 0 unspecified atom stereocenters. The first-order valence-electron chi connectivity index (χ1n) is 8.16. The number of hydrogen-bond donors (Lipinski definition) is 3. The molecule has 0 fully saturated rings. The van der Waals surface area contributed by atoms with Crippen molar-refractivity contribution in [2.45, 2.75) is 32.9 Å². The van der Waals surface area contributed by atoms with E-state index in [1.54, 1.807) is 57.2 Å². The maximum absolute atomic E-state index is 12.0. The Morgan fingerprint density at radius 3 is 2.46 bits per heavy atom. The molecule has 7 heteroatoms. The minimum absolute atomic E-state index is 0.0469. The molecule has 0 saturated carbocycles. The van der Waals surface area contributed by atoms with Gasteiger partial charge in [-0.2, -0.15) is 5.06 Å². The van der Waals surface area contributed by atoms with Gasteiger partial charge in [0.2, 0.25) is 0 Å². The molecule has 0 radical (unpaired) electrons. The second kappa shape index (κ2) is 9.74. The Balaban J connectivity index is 2.61. The zero-order valence-corrected chi connectivity index (χ0v) is 15.4. The van der Waals surface area contributed by atoms with Crippen LogP contribution in [-0.4, -0.2) is 46.1 Å². The first kappa shape index (κ1) is 21.4. The predicted octanol–water partition coefficient (Wildman–Crippen LogP) is 2.65. The van der Waals surface area contributed by atoms with Gasteiger partial charge in [0.05, 0.1) is 12.1 Å². The Morgan fingerprint density at radius 1 is 1.31 bits per heavy atom. The fourth-order valence-electron chi connectivity index (χ4n) is 1.88. The topological polar surface area (TPSA) is 99.1 Å². The molecule has 26 heavy (non-hydrogen) atoms. The van der Waals surface area contributed by atoms with E-state index in [-0.39, 0.29) is 25.7 Å². The van der Waals surface area contributed by atoms with Crippen LogP contribution in [0.4, 0.5) is 4.79 Å². The lowest BCUT2D eigenvalue weighted by atomic mass is 10.0. The highest BCUT2D eigenvalue weighted by Gasteiger charge is 2.28. The van der Waals surface area contributed by atoms with Gasteiger partial charge in [-0.25, -0.2) is 4.79 Å². The number of hydroxylamine groups is 2. The number of ether oxygens (including phenoxy) is 1. The van der Waals surface area contributed by atoms with Crippen LogP contribution in [0.1, 0.15) is 36.7 Å². The van der Waals surface area contributed by atoms with Gasteiger partial charge in [0.15, 0.2) is 0 Å². The van der Waals surface area contributed by atoms with E-state index in [0.717, 1.165) is 5.57 Å². The van der Waals surface area contributed by atoms with Crippen LogP contribution in [0.2, 0.25) is 0 Å². The van der Waals surface area contributed by atoms with Crippen LogP contribution < -0.4 is 5.32 Å². The van der Waals surface area contributed by atoms with Crippen LogP contribution in [-0.2, 0) is 11.3 Å². The van der Waals surface area contributed by atoms with Crippen LogP contribution in [0.3, 0.4) is 0 Å². The van der Waals surface area contributed by atoms with Crippen molar-refractivity contribution in [3.8, 4) is 0 Å². The third kappa shape index (κ3) is 6.70. The lowest BCUT2D eigenvalue weighted by Crippen LogP contribution is -2.44. The van der Waals surface area contributed by atoms with Crippen molar-refractivity contribution in [1.29, 1.82) is 0 Å². The van der Waals surface area contributed by atoms with Gasteiger partial charge in [-0.15, -0.1) is 0 Å². The lowest BCUT2D eigenvalue weighted by Gasteiger charge is -2.29. The molecule has 2 amide bonds. The molecule has 1 aromatic rings. The van der Waals surface area contributed by atoms with Crippen molar-refractivity contribution in [1.82, 2.24) is 10.4 Å². The zero-order chi connectivity index (χ0) is 19.7. The van der Waals surface area contributed by atoms with Crippen molar-refractivity contribution < 1.29 is 24.6 Å². The van der Waals surface area contributed by atoms with E-state index in [0.29, 0.717) is 16.2 Å². The summed E-state index contributed by atoms with van der Waals surface area (Å²) < 4.78 is 5.10. The number of rotatable bonds is 8. The van der Waals surface area contributed by atoms with Gasteiger partial charge < -0.3 is 15.2 Å². The summed E-state index contributed by atoms with van der Waals surface area (Å²) in [5.41, 5.74) is 0.942. The van der Waals surface area contributed by atoms with E-state index in [1.165, 1.54) is 0 Å². The third-order valence-electron chi connectivity index (χ3n) is 3.47. The van der Waals surface area contributed by atoms with Crippen LogP contribution in [0.5, 0.6) is 0 Å². The van der Waals surface area contributed by atoms with Crippen LogP contribution in [0, 0.1) is 0 Å². The summed E-state index contributed by atoms with van der Waals surface area (Å²) in [7, 11) is 0. The number of nitrogens with one attached hydrogen (secondary N) is 1. The summed E-state index contributed by atoms with van der Waals surface area (Å²) in [6, 6.07) is 6.47. The molecule has 0 aliphatic carbocycles. The van der Waals surface area contributed by atoms with Gasteiger partial charge in [0.25, 0.3) is 5.91 Å². The molecule has 1 rings (SSSR count). The molecule has 0 bridgehead atoms. The standard InChI is InChI=1S/C19H26N2O5/c1-14(2)9-10-19(3,4)21(25)18(24)26-13-15-5-7-16(8-6-15)17(23)20-11-12-22/h5-10,22,25H,1,11-13H2,2-4H3,(H,20,23)/b10-9+. The van der Waals surface area contributed by atoms with Gasteiger partial charge in [-0.05, 0) is 38.5 Å². The smallest absolute Gasteiger partial charge is 0.434 e. The Hall–Kier alpha value is -2.64. The van der Waals surface area contributed by atoms with Crippen molar-refractivity contribution in [3.05, 3.63) is 59.7 Å². The summed E-state index contributed by atoms with van der Waals surface area (Å²) in [5, 5.41) is 21.8. The molecule has 0 saturated heterocycles. The Kier molecular flexibility index (Phi) is 8.02. The number of nitrogens with zero attached hydrogens (tertiary/aromatic N) is 1. The Bertz CT molecular complexity index is 665. The number of benzene rings is 1. The highest BCUT2D eigenvalue weighted by atomic mass is 16.6. The quantitative estimate of drug-likeness (QED) is 0.375. The molecular formula is C19H26N2O5. The van der Waals surface area contributed by atoms with E-state index in [2.05, 4.69) is 11.9 Å². The van der Waals surface area contributed by atoms with E-state index in [1.807, 2.05) is 0 Å². The van der Waals surface area contributed by atoms with E-state index in [9.17, 15) is 14.8 Å². The summed E-state index contributed by atoms with van der Waals surface area (Å²) in [6.45, 7) is 8.86. The first-order valence-corrected chi connectivity index (χ1v) is 8.16. The average molecular weight is 362 g/mol. The number of amides is 2. The van der Waals surface area contributed by atoms with Crippen molar-refractivity contribution in [2.24, 2.45) is 0 Å². The molecular weight excluding hydrogens is 336 g/mol. The van der Waals surface area contributed by atoms with Crippen LogP contribution in [0.25, 0.3) is 0 Å². The monoisotopic (exact) mass is 362 g/mol. The molecule has 0 spiro atoms. The highest BCUT2D eigenvalue weighted by Crippen LogP contribution is 2.17. The zero-order valence-electron chi connectivity index (χ0n) is 15.4. The summed E-state index contributed by atoms with van der Waals surface area (Å²) in [6.07, 6.45) is 2.47. The maximum atomic E-state index is 12.0. The summed E-state index contributed by atoms with van der Waals surface area (Å²) >= 11 is 0. The number of aliphatic hydroxyl groups is 1. The number of carbonyl (C=O) groups is 2. The van der Waals surface area contributed by atoms with Crippen molar-refractivity contribution in [3.63, 3.8) is 0 Å². The summed E-state index contributed by atoms with van der Waals surface area (Å²) in [5.74, 6) is -0.296. The number of hydrogen-bond acceptors (Lipinski definition) is 5. The molecule has 0 aromatic heterocycles. The third-order valence-corrected chi connectivity index (χ3v) is 3.47. The van der Waals surface area contributed by atoms with Gasteiger partial charge in [0.1, 0.15) is 6.61 Å². The predicted molar refractivity (Wildman–Crippen MR) is 97.7 cm³/mol. The highest BCUT2D eigenvalue weighted by molar-refractivity contribution is 5.94. The lowest BCUT2D eigenvalue weighted by molar-refractivity contribution is -0.121.